The number of nitrogens with one attached hydrogen (secondary N) is 9. The van der Waals surface area contributed by atoms with E-state index in [4.69, 9.17) is 21.9 Å². The number of amides is 11. The first kappa shape index (κ1) is 80.1. The fraction of sp³-hybridized carbons (Fsp3) is 0.794. The van der Waals surface area contributed by atoms with E-state index in [0.29, 0.717) is 64.6 Å². The van der Waals surface area contributed by atoms with Gasteiger partial charge in [-0.25, -0.2) is 4.79 Å². The van der Waals surface area contributed by atoms with Crippen LogP contribution in [0.4, 0.5) is 0 Å². The molecular weight excluding hydrogens is 1290 g/mol. The number of nitrogens with two attached hydrogens (primary N) is 3. The number of aliphatic carboxylic acids is 1. The van der Waals surface area contributed by atoms with Crippen molar-refractivity contribution in [3.63, 3.8) is 0 Å². The maximum atomic E-state index is 15.3. The molecule has 5 aliphatic rings. The van der Waals surface area contributed by atoms with Crippen molar-refractivity contribution in [2.45, 2.75) is 230 Å². The average molecular weight is 1390 g/mol. The van der Waals surface area contributed by atoms with E-state index in [-0.39, 0.29) is 80.4 Å². The van der Waals surface area contributed by atoms with Gasteiger partial charge in [-0.2, -0.15) is 0 Å². The van der Waals surface area contributed by atoms with Crippen LogP contribution in [0.2, 0.25) is 0 Å². The van der Waals surface area contributed by atoms with Crippen molar-refractivity contribution in [3.05, 3.63) is 0 Å². The minimum Gasteiger partial charge on any atom is -0.480 e. The van der Waals surface area contributed by atoms with E-state index in [2.05, 4.69) is 52.8 Å². The molecule has 0 bridgehead atoms. The predicted octanol–water partition coefficient (Wildman–Crippen LogP) is -2.04. The van der Waals surface area contributed by atoms with Gasteiger partial charge in [-0.05, 0) is 99.7 Å². The Labute approximate surface area is 570 Å². The van der Waals surface area contributed by atoms with Crippen LogP contribution in [0.5, 0.6) is 0 Å². The summed E-state index contributed by atoms with van der Waals surface area (Å²) in [6.45, 7) is 12.7. The third kappa shape index (κ3) is 22.5. The molecule has 5 rings (SSSR count). The van der Waals surface area contributed by atoms with Crippen molar-refractivity contribution in [2.75, 3.05) is 51.0 Å². The van der Waals surface area contributed by atoms with Crippen LogP contribution in [0.3, 0.4) is 0 Å². The highest BCUT2D eigenvalue weighted by Crippen LogP contribution is 2.41. The molecule has 4 saturated heterocycles. The number of carbonyl (C=O) groups is 12. The number of aliphatic hydroxyl groups excluding tert-OH is 2. The first-order valence-corrected chi connectivity index (χ1v) is 36.5. The molecule has 0 aromatic carbocycles. The lowest BCUT2D eigenvalue weighted by Crippen LogP contribution is -2.62. The van der Waals surface area contributed by atoms with E-state index in [0.717, 1.165) is 34.4 Å². The van der Waals surface area contributed by atoms with E-state index in [1.54, 1.807) is 46.4 Å². The smallest absolute Gasteiger partial charge is 0.326 e. The van der Waals surface area contributed by atoms with E-state index in [1.807, 2.05) is 13.8 Å². The lowest BCUT2D eigenvalue weighted by molar-refractivity contribution is -0.150. The summed E-state index contributed by atoms with van der Waals surface area (Å²) in [7, 11) is 1.83. The summed E-state index contributed by atoms with van der Waals surface area (Å²) < 4.78 is 5.45. The lowest BCUT2D eigenvalue weighted by Gasteiger charge is -2.38. The maximum Gasteiger partial charge on any atom is 0.326 e. The van der Waals surface area contributed by atoms with Gasteiger partial charge in [-0.1, -0.05) is 109 Å². The van der Waals surface area contributed by atoms with Gasteiger partial charge in [-0.3, -0.25) is 57.7 Å². The number of carboxylic acids is 1. The fourth-order valence-electron chi connectivity index (χ4n) is 12.9. The largest absolute Gasteiger partial charge is 0.480 e. The van der Waals surface area contributed by atoms with Crippen molar-refractivity contribution in [3.8, 4) is 0 Å². The fourth-order valence-corrected chi connectivity index (χ4v) is 15.2. The minimum absolute atomic E-state index is 0.0346. The number of hydrogen-bond acceptors (Lipinski definition) is 19. The predicted molar refractivity (Wildman–Crippen MR) is 359 cm³/mol. The molecule has 18 N–H and O–H groups in total. The van der Waals surface area contributed by atoms with Crippen LogP contribution < -0.4 is 65.1 Å². The zero-order valence-electron chi connectivity index (χ0n) is 56.8. The number of aliphatic imine (C=N–C) groups is 1. The van der Waals surface area contributed by atoms with Crippen LogP contribution in [-0.2, 0) is 62.3 Å². The number of nitrogens with zero attached hydrogens (tertiary/aromatic N) is 3. The number of hydrogen-bond donors (Lipinski definition) is 15. The van der Waals surface area contributed by atoms with Gasteiger partial charge >= 0.3 is 5.97 Å². The van der Waals surface area contributed by atoms with E-state index < -0.39 is 180 Å². The number of carboxylic acid groups (broad SMARTS) is 1. The van der Waals surface area contributed by atoms with Gasteiger partial charge in [0.2, 0.25) is 65.0 Å². The first-order valence-electron chi connectivity index (χ1n) is 34.0. The van der Waals surface area contributed by atoms with E-state index >= 15 is 9.59 Å². The van der Waals surface area contributed by atoms with Gasteiger partial charge in [0, 0.05) is 43.9 Å². The minimum atomic E-state index is -1.85. The molecule has 0 aromatic heterocycles. The summed E-state index contributed by atoms with van der Waals surface area (Å²) in [6.07, 6.45) is 5.66. The van der Waals surface area contributed by atoms with Gasteiger partial charge in [0.05, 0.1) is 19.3 Å². The summed E-state index contributed by atoms with van der Waals surface area (Å²) >= 11 is 0. The van der Waals surface area contributed by atoms with E-state index in [1.165, 1.54) is 4.90 Å². The normalized spacial score (nSPS) is 28.6. The lowest BCUT2D eigenvalue weighted by atomic mass is 9.84. The Bertz CT molecular complexity index is 2730. The van der Waals surface area contributed by atoms with Crippen LogP contribution in [0.25, 0.3) is 0 Å². The topological polar surface area (TPSA) is 480 Å². The Morgan fingerprint density at radius 3 is 1.85 bits per heavy atom. The monoisotopic (exact) mass is 1390 g/mol. The Balaban J connectivity index is 1.61. The molecule has 1 saturated carbocycles. The molecule has 17 atom stereocenters. The third-order valence-electron chi connectivity index (χ3n) is 19.3. The molecule has 542 valence electrons. The Kier molecular flexibility index (Phi) is 32.7. The SMILES string of the molecule is CC[C@H](C)[C@H](NC(=O)[C@@H]1CSSC[C@H](NC(=O)[C@@H](NC(=O)[C@@H](N)C2CCOCC2)[C@@H](C)CC)C(=O)N[C@@H](CO)C(=O)N[C@@H](CCCN=C(N)N)C(=O)N[C@@H](CO)C(=O)N[C@@H](CC(C)C)C(=O)N2CCC[C@H]2C(=O)N2C3CCCC[C@H]3C[C@H]2C(=O)N[C@H]([C@@H](C)CC)C(=O)N1)C(=O)O. The number of ether oxygens (including phenoxy) is 1. The van der Waals surface area contributed by atoms with Gasteiger partial charge in [0.15, 0.2) is 5.96 Å². The first-order chi connectivity index (χ1) is 45.6. The highest BCUT2D eigenvalue weighted by Gasteiger charge is 2.52. The molecule has 1 aliphatic carbocycles. The van der Waals surface area contributed by atoms with Crippen molar-refractivity contribution < 1.29 is 77.6 Å². The maximum absolute atomic E-state index is 15.3. The average Bonchev–Trinajstić information content (AvgIpc) is 1.68. The van der Waals surface area contributed by atoms with Crippen molar-refractivity contribution in [2.24, 2.45) is 57.7 Å². The number of aliphatic hydroxyl groups is 2. The molecule has 0 radical (unpaired) electrons. The third-order valence-corrected chi connectivity index (χ3v) is 21.7. The van der Waals surface area contributed by atoms with E-state index in [9.17, 15) is 63.3 Å². The number of rotatable bonds is 22. The number of carbonyl (C=O) groups excluding carboxylic acids is 11. The van der Waals surface area contributed by atoms with Crippen LogP contribution >= 0.6 is 21.6 Å². The van der Waals surface area contributed by atoms with Crippen LogP contribution in [0, 0.1) is 35.5 Å². The standard InChI is InChI=1S/C63H107N15O16S2/c1-9-33(6)48-58(88)73-43(55(85)76-50(62(92)93)35(8)11-3)31-96-95-30-42(72-59(89)49(34(7)10-2)75-57(87)47(64)36-20-24-94-25-21-36)54(84)71-40(28-79)52(82)68-38(17-14-22-67-63(65)66)51(81)70-41(29-80)53(83)69-39(26-32(4)5)60(90)77-23-15-19-45(77)61(91)78-44-18-13-12-16-37(44)27-46(78)56(86)74-48/h32-50,79-80H,9-31,64H2,1-8H3,(H,68,82)(H,69,83)(H,70,81)(H,71,84)(H,72,89)(H,73,88)(H,74,86)(H,75,87)(H,76,85)(H,92,93)(H4,65,66,67)/t33-,34-,35-,37-,38-,39-,40-,41-,42-,43-,44?,45-,46-,47-,48+,49-,50-/m0/s1. The van der Waals surface area contributed by atoms with Crippen LogP contribution in [-0.4, -0.2) is 232 Å². The Morgan fingerprint density at radius 1 is 0.656 bits per heavy atom. The van der Waals surface area contributed by atoms with Gasteiger partial charge in [0.25, 0.3) is 0 Å². The molecule has 4 heterocycles. The van der Waals surface area contributed by atoms with Gasteiger partial charge < -0.3 is 94.9 Å². The van der Waals surface area contributed by atoms with Crippen molar-refractivity contribution in [1.29, 1.82) is 0 Å². The van der Waals surface area contributed by atoms with Crippen LogP contribution in [0.15, 0.2) is 4.99 Å². The number of fused-ring (bicyclic) bond motifs is 4. The van der Waals surface area contributed by atoms with Gasteiger partial charge in [-0.15, -0.1) is 0 Å². The second-order valence-electron chi connectivity index (χ2n) is 26.6. The Hall–Kier alpha value is -6.55. The molecule has 0 aromatic rings. The molecule has 4 aliphatic heterocycles. The quantitative estimate of drug-likeness (QED) is 0.0240. The molecule has 11 amide bonds. The van der Waals surface area contributed by atoms with Crippen LogP contribution in [0.1, 0.15) is 152 Å². The zero-order chi connectivity index (χ0) is 71.1. The zero-order valence-corrected chi connectivity index (χ0v) is 58.4. The second-order valence-corrected chi connectivity index (χ2v) is 29.2. The summed E-state index contributed by atoms with van der Waals surface area (Å²) in [6, 6.07) is -17.2. The molecule has 5 fully saturated rings. The van der Waals surface area contributed by atoms with Gasteiger partial charge in [0.1, 0.15) is 66.5 Å². The molecular formula is C63H107N15O16S2. The summed E-state index contributed by atoms with van der Waals surface area (Å²) in [5, 5.41) is 55.5. The van der Waals surface area contributed by atoms with Crippen molar-refractivity contribution >= 4 is 98.5 Å². The molecule has 31 nitrogen and oxygen atoms in total. The molecule has 96 heavy (non-hydrogen) atoms. The Morgan fingerprint density at radius 2 is 1.25 bits per heavy atom. The van der Waals surface area contributed by atoms with Crippen molar-refractivity contribution in [1.82, 2.24) is 57.7 Å². The molecule has 33 heteroatoms. The summed E-state index contributed by atoms with van der Waals surface area (Å²) in [5.41, 5.74) is 17.6. The highest BCUT2D eigenvalue weighted by molar-refractivity contribution is 8.76. The summed E-state index contributed by atoms with van der Waals surface area (Å²) in [4.78, 5) is 180. The molecule has 1 unspecified atom stereocenters. The second kappa shape index (κ2) is 39.1. The molecule has 0 spiro atoms. The highest BCUT2D eigenvalue weighted by atomic mass is 33.1. The summed E-state index contributed by atoms with van der Waals surface area (Å²) in [5.74, 6) is -13.8. The number of guanidine groups is 1.